The van der Waals surface area contributed by atoms with Crippen molar-refractivity contribution in [1.82, 2.24) is 0 Å². The molecule has 0 amide bonds. The number of benzene rings is 3. The van der Waals surface area contributed by atoms with E-state index in [-0.39, 0.29) is 39.7 Å². The lowest BCUT2D eigenvalue weighted by atomic mass is 9.48. The molecule has 103 heavy (non-hydrogen) atoms. The van der Waals surface area contributed by atoms with E-state index >= 15 is 13.2 Å². The minimum absolute atomic E-state index is 0.0114. The first-order chi connectivity index (χ1) is 49.7. The highest BCUT2D eigenvalue weighted by atomic mass is 79.9. The lowest BCUT2D eigenvalue weighted by Crippen LogP contribution is -2.49. The highest BCUT2D eigenvalue weighted by Crippen LogP contribution is 2.64. The Labute approximate surface area is 624 Å². The standard InChI is InChI=1S/C31H49F2O4P.C27H39BrF2O.C27H41F2O4P/c1-3-36-38(34,37-4-2)17-13-11-9-7-5-6-8-10-12-16-35-28-15-14-27(29(32)30(28)33)31-21-24-18-25(22-31)20-26(19-24)23-31;28-12-8-6-4-2-1-3-5-7-9-13-31-24-11-10-23(25(29)26(24)30)27-17-20-14-21(18-27)16-22(15-20)19-27;28-25-23(27-17-20-14-21(18-27)16-22(15-20)19-27)10-11-24(26(25)29)33-12-8-6-4-2-1-3-5-7-9-13-34(30,31)32/h14-15,24-26H,3-13,16-23H2,1-2H3;10-11,20-22H,1-9,12-19H2;10-11,20-22H,1-9,12-19H2,(H2,30,31,32). The van der Waals surface area contributed by atoms with Gasteiger partial charge in [0.15, 0.2) is 34.7 Å². The summed E-state index contributed by atoms with van der Waals surface area (Å²) >= 11 is 3.47. The van der Waals surface area contributed by atoms with Crippen LogP contribution in [0, 0.1) is 88.2 Å². The van der Waals surface area contributed by atoms with E-state index in [1.165, 1.54) is 122 Å². The van der Waals surface area contributed by atoms with Crippen molar-refractivity contribution in [3.8, 4) is 17.2 Å². The molecule has 12 saturated carbocycles. The molecule has 3 aromatic rings. The summed E-state index contributed by atoms with van der Waals surface area (Å²) in [6, 6.07) is 10.5. The third-order valence-corrected chi connectivity index (χ3v) is 29.5. The van der Waals surface area contributed by atoms with Gasteiger partial charge in [-0.15, -0.1) is 0 Å². The Bertz CT molecular complexity index is 3060. The highest BCUT2D eigenvalue weighted by molar-refractivity contribution is 9.09. The Kier molecular flexibility index (Phi) is 32.5. The van der Waals surface area contributed by atoms with Gasteiger partial charge >= 0.3 is 15.2 Å². The Hall–Kier alpha value is -2.58. The average molecular weight is 1550 g/mol. The quantitative estimate of drug-likeness (QED) is 0.0247. The number of halogens is 7. The van der Waals surface area contributed by atoms with Crippen molar-refractivity contribution in [3.63, 3.8) is 0 Å². The maximum absolute atomic E-state index is 15.2. The molecule has 3 aromatic carbocycles. The summed E-state index contributed by atoms with van der Waals surface area (Å²) in [5.74, 6) is 2.18. The third-order valence-electron chi connectivity index (χ3n) is 25.8. The van der Waals surface area contributed by atoms with E-state index in [1.807, 2.05) is 26.0 Å². The predicted octanol–water partition coefficient (Wildman–Crippen LogP) is 25.8. The summed E-state index contributed by atoms with van der Waals surface area (Å²) in [6.45, 7) is 5.82. The second-order valence-corrected chi connectivity index (χ2v) is 38.9. The number of rotatable bonds is 45. The SMILES string of the molecule is CCOP(=O)(CCCCCCCCCCCOc1ccc(C23CC4CC(CC(C4)C2)C3)c(F)c1F)OCC.Fc1c(OCCCCCCCCCCCBr)ccc(C23CC4CC(CC(C4)C2)C3)c1F.O=P(O)(O)CCCCCCCCCCCOc1ccc(C23CC4CC(CC(C4)C2)C3)c(F)c1F. The summed E-state index contributed by atoms with van der Waals surface area (Å²) in [7, 11) is -6.74. The molecule has 0 aliphatic heterocycles. The average Bonchev–Trinajstić information content (AvgIpc) is 0.743. The lowest BCUT2D eigenvalue weighted by Gasteiger charge is -2.57. The first kappa shape index (κ1) is 82.9. The van der Waals surface area contributed by atoms with Gasteiger partial charge in [0.2, 0.25) is 17.5 Å². The fourth-order valence-corrected chi connectivity index (χ4v) is 25.1. The zero-order valence-corrected chi connectivity index (χ0v) is 66.3. The molecule has 15 rings (SSSR count). The number of unbranched alkanes of at least 4 members (excludes halogenated alkanes) is 24. The monoisotopic (exact) mass is 1550 g/mol. The van der Waals surface area contributed by atoms with Crippen molar-refractivity contribution in [2.24, 2.45) is 53.3 Å². The van der Waals surface area contributed by atoms with Gasteiger partial charge in [-0.05, 0) is 272 Å². The molecule has 9 nitrogen and oxygen atoms in total. The van der Waals surface area contributed by atoms with Crippen molar-refractivity contribution < 1.29 is 68.5 Å². The normalized spacial score (nSPS) is 27.6. The van der Waals surface area contributed by atoms with Gasteiger partial charge in [-0.25, -0.2) is 13.2 Å². The minimum Gasteiger partial charge on any atom is -0.490 e. The largest absolute Gasteiger partial charge is 0.490 e. The Morgan fingerprint density at radius 3 is 0.796 bits per heavy atom. The maximum atomic E-state index is 15.2. The van der Waals surface area contributed by atoms with Crippen LogP contribution in [-0.2, 0) is 34.4 Å². The molecular formula is C85H129BrF6O9P2. The van der Waals surface area contributed by atoms with E-state index in [0.717, 1.165) is 184 Å². The van der Waals surface area contributed by atoms with Crippen molar-refractivity contribution in [1.29, 1.82) is 0 Å². The molecule has 0 unspecified atom stereocenters. The molecule has 2 N–H and O–H groups in total. The van der Waals surface area contributed by atoms with Crippen molar-refractivity contribution in [2.75, 3.05) is 50.7 Å². The maximum Gasteiger partial charge on any atom is 0.330 e. The van der Waals surface area contributed by atoms with Crippen LogP contribution in [0.3, 0.4) is 0 Å². The topological polar surface area (TPSA) is 121 Å². The van der Waals surface area contributed by atoms with E-state index < -0.39 is 50.1 Å². The molecule has 12 bridgehead atoms. The first-order valence-corrected chi connectivity index (χ1v) is 46.2. The van der Waals surface area contributed by atoms with Crippen LogP contribution in [0.4, 0.5) is 26.3 Å². The first-order valence-electron chi connectivity index (χ1n) is 41.6. The highest BCUT2D eigenvalue weighted by Gasteiger charge is 2.56. The van der Waals surface area contributed by atoms with Crippen LogP contribution in [0.15, 0.2) is 36.4 Å². The van der Waals surface area contributed by atoms with E-state index in [1.54, 1.807) is 24.3 Å². The zero-order valence-electron chi connectivity index (χ0n) is 62.9. The molecule has 18 heteroatoms. The van der Waals surface area contributed by atoms with Gasteiger partial charge in [-0.1, -0.05) is 169 Å². The lowest BCUT2D eigenvalue weighted by molar-refractivity contribution is -0.00722. The van der Waals surface area contributed by atoms with Gasteiger partial charge in [0, 0.05) is 11.5 Å². The molecule has 582 valence electrons. The van der Waals surface area contributed by atoms with Crippen molar-refractivity contribution in [3.05, 3.63) is 88.0 Å². The number of ether oxygens (including phenoxy) is 3. The predicted molar refractivity (Wildman–Crippen MR) is 406 cm³/mol. The minimum atomic E-state index is -3.84. The van der Waals surface area contributed by atoms with Crippen molar-refractivity contribution >= 4 is 31.1 Å². The van der Waals surface area contributed by atoms with Crippen molar-refractivity contribution in [2.45, 2.75) is 319 Å². The van der Waals surface area contributed by atoms with Crippen LogP contribution in [0.25, 0.3) is 0 Å². The Balaban J connectivity index is 0.000000167. The van der Waals surface area contributed by atoms with E-state index in [0.29, 0.717) is 97.8 Å². The van der Waals surface area contributed by atoms with Gasteiger partial charge in [0.05, 0.1) is 39.2 Å². The Morgan fingerprint density at radius 1 is 0.340 bits per heavy atom. The summed E-state index contributed by atoms with van der Waals surface area (Å²) < 4.78 is 141. The summed E-state index contributed by atoms with van der Waals surface area (Å²) in [5.41, 5.74) is 1.42. The van der Waals surface area contributed by atoms with Gasteiger partial charge in [0.1, 0.15) is 0 Å². The molecule has 12 fully saturated rings. The smallest absolute Gasteiger partial charge is 0.330 e. The van der Waals surface area contributed by atoms with E-state index in [4.69, 9.17) is 33.0 Å². The number of hydrogen-bond donors (Lipinski definition) is 2. The molecule has 0 atom stereocenters. The fraction of sp³-hybridized carbons (Fsp3) is 0.788. The van der Waals surface area contributed by atoms with Crippen LogP contribution in [-0.4, -0.2) is 60.5 Å². The Morgan fingerprint density at radius 2 is 0.563 bits per heavy atom. The molecular weight excluding hydrogens is 1420 g/mol. The van der Waals surface area contributed by atoms with E-state index in [9.17, 15) is 22.3 Å². The second-order valence-electron chi connectivity index (χ2n) is 34.1. The molecule has 0 aromatic heterocycles. The molecule has 0 saturated heterocycles. The van der Waals surface area contributed by atoms with Gasteiger partial charge in [-0.2, -0.15) is 13.2 Å². The van der Waals surface area contributed by atoms with Gasteiger partial charge < -0.3 is 33.0 Å². The third kappa shape index (κ3) is 23.5. The fourth-order valence-electron chi connectivity index (χ4n) is 22.3. The second kappa shape index (κ2) is 40.4. The number of hydrogen-bond acceptors (Lipinski definition) is 7. The number of alkyl halides is 1. The van der Waals surface area contributed by atoms with Crippen LogP contribution < -0.4 is 14.2 Å². The van der Waals surface area contributed by atoms with Crippen LogP contribution in [0.5, 0.6) is 17.2 Å². The van der Waals surface area contributed by atoms with E-state index in [2.05, 4.69) is 15.9 Å². The molecule has 0 spiro atoms. The molecule has 0 heterocycles. The van der Waals surface area contributed by atoms with Crippen LogP contribution in [0.2, 0.25) is 0 Å². The molecule has 12 aliphatic rings. The summed E-state index contributed by atoms with van der Waals surface area (Å²) in [4.78, 5) is 17.7. The summed E-state index contributed by atoms with van der Waals surface area (Å²) in [5, 5.41) is 1.11. The molecule has 12 aliphatic carbocycles. The molecule has 0 radical (unpaired) electrons. The van der Waals surface area contributed by atoms with Crippen LogP contribution >= 0.6 is 31.1 Å². The van der Waals surface area contributed by atoms with Crippen LogP contribution in [0.1, 0.15) is 319 Å². The van der Waals surface area contributed by atoms with Gasteiger partial charge in [0.25, 0.3) is 0 Å². The summed E-state index contributed by atoms with van der Waals surface area (Å²) in [6.07, 6.45) is 50.6. The van der Waals surface area contributed by atoms with Gasteiger partial charge in [-0.3, -0.25) is 9.13 Å². The zero-order chi connectivity index (χ0) is 72.9.